The fourth-order valence-electron chi connectivity index (χ4n) is 4.62. The second-order valence-corrected chi connectivity index (χ2v) is 9.07. The van der Waals surface area contributed by atoms with Crippen LogP contribution in [0.15, 0.2) is 42.5 Å². The van der Waals surface area contributed by atoms with E-state index in [0.29, 0.717) is 25.1 Å². The van der Waals surface area contributed by atoms with E-state index in [0.717, 1.165) is 18.2 Å². The molecule has 8 nitrogen and oxygen atoms in total. The summed E-state index contributed by atoms with van der Waals surface area (Å²) in [6.45, 7) is 2.55. The number of nitrogens with one attached hydrogen (secondary N) is 2. The lowest BCUT2D eigenvalue weighted by Gasteiger charge is -2.42. The Morgan fingerprint density at radius 1 is 1.14 bits per heavy atom. The lowest BCUT2D eigenvalue weighted by atomic mass is 9.94. The first-order valence-corrected chi connectivity index (χ1v) is 12.0. The van der Waals surface area contributed by atoms with Crippen molar-refractivity contribution in [2.45, 2.75) is 50.6 Å². The molecule has 0 aromatic heterocycles. The van der Waals surface area contributed by atoms with Gasteiger partial charge in [-0.15, -0.1) is 0 Å². The third kappa shape index (κ3) is 6.04. The van der Waals surface area contributed by atoms with Crippen LogP contribution in [0.2, 0.25) is 0 Å². The molecule has 1 saturated heterocycles. The van der Waals surface area contributed by atoms with Crippen molar-refractivity contribution in [3.63, 3.8) is 0 Å². The van der Waals surface area contributed by atoms with Crippen molar-refractivity contribution in [2.75, 3.05) is 25.5 Å². The molecular formula is C26H28F3N3O5. The molecule has 3 atom stereocenters. The van der Waals surface area contributed by atoms with Crippen molar-refractivity contribution in [1.82, 2.24) is 10.2 Å². The number of rotatable bonds is 5. The molecule has 0 spiro atoms. The van der Waals surface area contributed by atoms with Gasteiger partial charge in [0.25, 0.3) is 11.8 Å². The Morgan fingerprint density at radius 2 is 1.92 bits per heavy atom. The molecule has 2 N–H and O–H groups in total. The number of carbonyl (C=O) groups excluding carboxylic acids is 3. The molecule has 3 amide bonds. The third-order valence-electron chi connectivity index (χ3n) is 6.51. The first-order valence-electron chi connectivity index (χ1n) is 12.0. The largest absolute Gasteiger partial charge is 0.490 e. The molecule has 2 aromatic carbocycles. The third-order valence-corrected chi connectivity index (χ3v) is 6.51. The van der Waals surface area contributed by atoms with Gasteiger partial charge < -0.3 is 25.0 Å². The smallest absolute Gasteiger partial charge is 0.416 e. The summed E-state index contributed by atoms with van der Waals surface area (Å²) in [6.07, 6.45) is -3.80. The molecule has 2 aliphatic rings. The summed E-state index contributed by atoms with van der Waals surface area (Å²) in [5.74, 6) is -0.878. The van der Waals surface area contributed by atoms with Crippen molar-refractivity contribution in [1.29, 1.82) is 0 Å². The van der Waals surface area contributed by atoms with E-state index >= 15 is 0 Å². The van der Waals surface area contributed by atoms with Crippen molar-refractivity contribution in [2.24, 2.45) is 0 Å². The van der Waals surface area contributed by atoms with Gasteiger partial charge in [-0.2, -0.15) is 13.2 Å². The molecule has 0 radical (unpaired) electrons. The van der Waals surface area contributed by atoms with Gasteiger partial charge in [-0.25, -0.2) is 0 Å². The monoisotopic (exact) mass is 519 g/mol. The first-order chi connectivity index (χ1) is 17.6. The van der Waals surface area contributed by atoms with E-state index < -0.39 is 23.8 Å². The van der Waals surface area contributed by atoms with Crippen molar-refractivity contribution >= 4 is 23.4 Å². The number of nitrogens with zero attached hydrogens (tertiary/aromatic N) is 1. The number of benzene rings is 2. The number of halogens is 3. The Bertz CT molecular complexity index is 1190. The van der Waals surface area contributed by atoms with Gasteiger partial charge in [0.2, 0.25) is 5.91 Å². The minimum Gasteiger partial charge on any atom is -0.490 e. The van der Waals surface area contributed by atoms with Crippen LogP contribution in [0.3, 0.4) is 0 Å². The molecule has 0 saturated carbocycles. The molecule has 37 heavy (non-hydrogen) atoms. The van der Waals surface area contributed by atoms with Gasteiger partial charge in [0.05, 0.1) is 29.7 Å². The number of likely N-dealkylation sites (N-methyl/N-ethyl adjacent to an activating group) is 1. The van der Waals surface area contributed by atoms with Crippen LogP contribution in [-0.4, -0.2) is 61.1 Å². The highest BCUT2D eigenvalue weighted by Gasteiger charge is 2.39. The summed E-state index contributed by atoms with van der Waals surface area (Å²) in [4.78, 5) is 39.5. The SMILES string of the molecule is CCNC(=O)C[C@@H]1CC[C@@H]2[C@@H](COc3ccc(NC(=O)c4cccc(C(F)(F)F)c4)cc3C(=O)N2C)O1. The molecule has 198 valence electrons. The fraction of sp³-hybridized carbons (Fsp3) is 0.423. The Hall–Kier alpha value is -3.60. The molecule has 0 unspecified atom stereocenters. The zero-order chi connectivity index (χ0) is 26.7. The Labute approximate surface area is 212 Å². The predicted molar refractivity (Wildman–Crippen MR) is 128 cm³/mol. The molecule has 11 heteroatoms. The number of alkyl halides is 3. The highest BCUT2D eigenvalue weighted by Crippen LogP contribution is 2.33. The number of hydrogen-bond acceptors (Lipinski definition) is 5. The summed E-state index contributed by atoms with van der Waals surface area (Å²) in [7, 11) is 1.66. The maximum Gasteiger partial charge on any atom is 0.416 e. The summed E-state index contributed by atoms with van der Waals surface area (Å²) >= 11 is 0. The Balaban J connectivity index is 1.49. The summed E-state index contributed by atoms with van der Waals surface area (Å²) < 4.78 is 51.1. The summed E-state index contributed by atoms with van der Waals surface area (Å²) in [5.41, 5.74) is -0.635. The van der Waals surface area contributed by atoms with E-state index in [2.05, 4.69) is 10.6 Å². The first kappa shape index (κ1) is 26.5. The van der Waals surface area contributed by atoms with Crippen LogP contribution in [0.5, 0.6) is 5.75 Å². The van der Waals surface area contributed by atoms with Gasteiger partial charge in [-0.3, -0.25) is 14.4 Å². The van der Waals surface area contributed by atoms with E-state index in [4.69, 9.17) is 9.47 Å². The van der Waals surface area contributed by atoms with Crippen LogP contribution < -0.4 is 15.4 Å². The van der Waals surface area contributed by atoms with Gasteiger partial charge in [0.15, 0.2) is 0 Å². The minimum absolute atomic E-state index is 0.0906. The zero-order valence-electron chi connectivity index (χ0n) is 20.4. The van der Waals surface area contributed by atoms with Crippen LogP contribution in [0.25, 0.3) is 0 Å². The normalized spacial score (nSPS) is 21.6. The van der Waals surface area contributed by atoms with E-state index in [-0.39, 0.29) is 53.8 Å². The number of carbonyl (C=O) groups is 3. The van der Waals surface area contributed by atoms with Crippen molar-refractivity contribution in [3.8, 4) is 5.75 Å². The van der Waals surface area contributed by atoms with Gasteiger partial charge in [-0.1, -0.05) is 6.07 Å². The second-order valence-electron chi connectivity index (χ2n) is 9.07. The number of hydrogen-bond donors (Lipinski definition) is 2. The van der Waals surface area contributed by atoms with Gasteiger partial charge in [0.1, 0.15) is 18.5 Å². The molecule has 2 heterocycles. The van der Waals surface area contributed by atoms with Gasteiger partial charge in [0, 0.05) is 24.8 Å². The topological polar surface area (TPSA) is 97.0 Å². The Morgan fingerprint density at radius 3 is 2.65 bits per heavy atom. The maximum atomic E-state index is 13.3. The molecule has 2 aromatic rings. The molecule has 4 rings (SSSR count). The summed E-state index contributed by atoms with van der Waals surface area (Å²) in [5, 5.41) is 5.31. The lowest BCUT2D eigenvalue weighted by Crippen LogP contribution is -2.54. The van der Waals surface area contributed by atoms with Crippen LogP contribution in [0.1, 0.15) is 52.5 Å². The van der Waals surface area contributed by atoms with Crippen LogP contribution in [0, 0.1) is 0 Å². The van der Waals surface area contributed by atoms with Crippen LogP contribution in [-0.2, 0) is 15.7 Å². The molecular weight excluding hydrogens is 491 g/mol. The molecule has 2 aliphatic heterocycles. The number of anilines is 1. The zero-order valence-corrected chi connectivity index (χ0v) is 20.4. The highest BCUT2D eigenvalue weighted by molar-refractivity contribution is 6.05. The standard InChI is InChI=1S/C26H28F3N3O5/c1-3-30-23(33)13-18-8-9-20-22(37-18)14-36-21-10-7-17(12-19(21)25(35)32(20)2)31-24(34)15-5-4-6-16(11-15)26(27,28)29/h4-7,10-12,18,20,22H,3,8-9,13-14H2,1-2H3,(H,30,33)(H,31,34)/t18-,20+,22+/m0/s1. The van der Waals surface area contributed by atoms with E-state index in [1.807, 2.05) is 6.92 Å². The van der Waals surface area contributed by atoms with E-state index in [9.17, 15) is 27.6 Å². The quantitative estimate of drug-likeness (QED) is 0.626. The van der Waals surface area contributed by atoms with Gasteiger partial charge >= 0.3 is 6.18 Å². The van der Waals surface area contributed by atoms with E-state index in [1.54, 1.807) is 11.9 Å². The van der Waals surface area contributed by atoms with Crippen LogP contribution in [0.4, 0.5) is 18.9 Å². The van der Waals surface area contributed by atoms with Crippen molar-refractivity contribution in [3.05, 3.63) is 59.2 Å². The predicted octanol–water partition coefficient (Wildman–Crippen LogP) is 3.86. The Kier molecular flexibility index (Phi) is 7.72. The summed E-state index contributed by atoms with van der Waals surface area (Å²) in [6, 6.07) is 8.31. The van der Waals surface area contributed by atoms with Gasteiger partial charge in [-0.05, 0) is 56.2 Å². The number of fused-ring (bicyclic) bond motifs is 2. The fourth-order valence-corrected chi connectivity index (χ4v) is 4.62. The van der Waals surface area contributed by atoms with E-state index in [1.165, 1.54) is 24.3 Å². The average molecular weight is 520 g/mol. The second kappa shape index (κ2) is 10.8. The minimum atomic E-state index is -4.57. The molecule has 0 bridgehead atoms. The molecule has 1 fully saturated rings. The number of amides is 3. The molecule has 0 aliphatic carbocycles. The lowest BCUT2D eigenvalue weighted by molar-refractivity contribution is -0.137. The van der Waals surface area contributed by atoms with Crippen molar-refractivity contribution < 1.29 is 37.0 Å². The highest BCUT2D eigenvalue weighted by atomic mass is 19.4. The number of ether oxygens (including phenoxy) is 2. The maximum absolute atomic E-state index is 13.3. The average Bonchev–Trinajstić information content (AvgIpc) is 2.86. The van der Waals surface area contributed by atoms with Crippen LogP contribution >= 0.6 is 0 Å².